The molecule has 0 radical (unpaired) electrons. The van der Waals surface area contributed by atoms with Crippen molar-refractivity contribution in [3.63, 3.8) is 0 Å². The van der Waals surface area contributed by atoms with E-state index in [1.54, 1.807) is 6.26 Å². The fourth-order valence-electron chi connectivity index (χ4n) is 3.24. The first kappa shape index (κ1) is 19.4. The van der Waals surface area contributed by atoms with Gasteiger partial charge in [0.05, 0.1) is 22.8 Å². The van der Waals surface area contributed by atoms with E-state index < -0.39 is 0 Å². The van der Waals surface area contributed by atoms with Gasteiger partial charge in [0.1, 0.15) is 6.26 Å². The molecule has 0 aliphatic heterocycles. The SMILES string of the molecule is Cc1cc(C)n(-c2ccccc2NC(=O)NCCc2coc(-c3ccccc3)n2)n1. The van der Waals surface area contributed by atoms with Gasteiger partial charge in [0, 0.05) is 24.2 Å². The predicted molar refractivity (Wildman–Crippen MR) is 116 cm³/mol. The minimum Gasteiger partial charge on any atom is -0.444 e. The largest absolute Gasteiger partial charge is 0.444 e. The summed E-state index contributed by atoms with van der Waals surface area (Å²) >= 11 is 0. The molecule has 2 amide bonds. The highest BCUT2D eigenvalue weighted by Gasteiger charge is 2.11. The van der Waals surface area contributed by atoms with Crippen molar-refractivity contribution >= 4 is 11.7 Å². The van der Waals surface area contributed by atoms with Crippen LogP contribution in [0.1, 0.15) is 17.1 Å². The number of anilines is 1. The van der Waals surface area contributed by atoms with Gasteiger partial charge in [-0.3, -0.25) is 0 Å². The van der Waals surface area contributed by atoms with Gasteiger partial charge in [0.15, 0.2) is 0 Å². The van der Waals surface area contributed by atoms with E-state index in [1.165, 1.54) is 0 Å². The number of aromatic nitrogens is 3. The molecule has 0 unspecified atom stereocenters. The number of rotatable bonds is 6. The van der Waals surface area contributed by atoms with E-state index in [2.05, 4.69) is 20.7 Å². The Kier molecular flexibility index (Phi) is 5.61. The normalized spacial score (nSPS) is 10.7. The van der Waals surface area contributed by atoms with E-state index >= 15 is 0 Å². The van der Waals surface area contributed by atoms with Crippen LogP contribution in [-0.2, 0) is 6.42 Å². The number of hydrogen-bond donors (Lipinski definition) is 2. The molecule has 2 heterocycles. The van der Waals surface area contributed by atoms with Crippen molar-refractivity contribution < 1.29 is 9.21 Å². The van der Waals surface area contributed by atoms with E-state index in [1.807, 2.05) is 79.2 Å². The highest BCUT2D eigenvalue weighted by molar-refractivity contribution is 5.91. The summed E-state index contributed by atoms with van der Waals surface area (Å²) in [5.74, 6) is 0.578. The first-order valence-corrected chi connectivity index (χ1v) is 9.77. The van der Waals surface area contributed by atoms with Crippen LogP contribution in [-0.4, -0.2) is 27.3 Å². The summed E-state index contributed by atoms with van der Waals surface area (Å²) in [6, 6.07) is 19.0. The van der Waals surface area contributed by atoms with Gasteiger partial charge >= 0.3 is 6.03 Å². The van der Waals surface area contributed by atoms with Crippen molar-refractivity contribution in [3.05, 3.63) is 84.0 Å². The lowest BCUT2D eigenvalue weighted by molar-refractivity contribution is 0.252. The number of nitrogens with one attached hydrogen (secondary N) is 2. The van der Waals surface area contributed by atoms with Crippen molar-refractivity contribution in [1.82, 2.24) is 20.1 Å². The summed E-state index contributed by atoms with van der Waals surface area (Å²) in [4.78, 5) is 16.9. The quantitative estimate of drug-likeness (QED) is 0.498. The van der Waals surface area contributed by atoms with Crippen molar-refractivity contribution in [3.8, 4) is 17.1 Å². The van der Waals surface area contributed by atoms with Gasteiger partial charge in [0.25, 0.3) is 0 Å². The average Bonchev–Trinajstić information content (AvgIpc) is 3.35. The first-order valence-electron chi connectivity index (χ1n) is 9.77. The lowest BCUT2D eigenvalue weighted by Gasteiger charge is -2.13. The maximum absolute atomic E-state index is 12.4. The number of hydrogen-bond acceptors (Lipinski definition) is 4. The molecule has 2 aromatic carbocycles. The van der Waals surface area contributed by atoms with Gasteiger partial charge in [-0.15, -0.1) is 0 Å². The summed E-state index contributed by atoms with van der Waals surface area (Å²) in [6.45, 7) is 4.37. The molecule has 0 aliphatic carbocycles. The van der Waals surface area contributed by atoms with Gasteiger partial charge in [-0.05, 0) is 44.2 Å². The van der Waals surface area contributed by atoms with Crippen molar-refractivity contribution in [1.29, 1.82) is 0 Å². The average molecular weight is 401 g/mol. The smallest absolute Gasteiger partial charge is 0.319 e. The van der Waals surface area contributed by atoms with Crippen LogP contribution < -0.4 is 10.6 Å². The Balaban J connectivity index is 1.35. The maximum atomic E-state index is 12.4. The van der Waals surface area contributed by atoms with Crippen molar-refractivity contribution in [2.75, 3.05) is 11.9 Å². The number of nitrogens with zero attached hydrogens (tertiary/aromatic N) is 3. The Morgan fingerprint density at radius 1 is 1.07 bits per heavy atom. The molecule has 0 saturated heterocycles. The monoisotopic (exact) mass is 401 g/mol. The minimum atomic E-state index is -0.282. The van der Waals surface area contributed by atoms with Crippen molar-refractivity contribution in [2.24, 2.45) is 0 Å². The third-order valence-electron chi connectivity index (χ3n) is 4.63. The molecule has 0 spiro atoms. The summed E-state index contributed by atoms with van der Waals surface area (Å²) in [5, 5.41) is 10.3. The topological polar surface area (TPSA) is 85.0 Å². The molecule has 30 heavy (non-hydrogen) atoms. The Morgan fingerprint density at radius 2 is 1.83 bits per heavy atom. The highest BCUT2D eigenvalue weighted by atomic mass is 16.3. The zero-order chi connectivity index (χ0) is 20.9. The Hall–Kier alpha value is -3.87. The molecule has 0 atom stereocenters. The van der Waals surface area contributed by atoms with E-state index in [4.69, 9.17) is 4.42 Å². The molecule has 152 valence electrons. The standard InChI is InChI=1S/C23H23N5O2/c1-16-14-17(2)28(27-16)21-11-7-6-10-20(21)26-23(29)24-13-12-19-15-30-22(25-19)18-8-4-3-5-9-18/h3-11,14-15H,12-13H2,1-2H3,(H2,24,26,29). The molecule has 7 nitrogen and oxygen atoms in total. The summed E-state index contributed by atoms with van der Waals surface area (Å²) in [7, 11) is 0. The predicted octanol–water partition coefficient (Wildman–Crippen LogP) is 4.51. The number of amides is 2. The van der Waals surface area contributed by atoms with Crippen LogP contribution in [0.3, 0.4) is 0 Å². The first-order chi connectivity index (χ1) is 14.6. The summed E-state index contributed by atoms with van der Waals surface area (Å²) < 4.78 is 7.36. The van der Waals surface area contributed by atoms with Crippen LogP contribution in [0, 0.1) is 13.8 Å². The molecule has 4 rings (SSSR count). The highest BCUT2D eigenvalue weighted by Crippen LogP contribution is 2.21. The lowest BCUT2D eigenvalue weighted by Crippen LogP contribution is -2.31. The Morgan fingerprint density at radius 3 is 2.60 bits per heavy atom. The second-order valence-corrected chi connectivity index (χ2v) is 7.00. The fraction of sp³-hybridized carbons (Fsp3) is 0.174. The number of oxazole rings is 1. The number of para-hydroxylation sites is 2. The molecule has 2 aromatic heterocycles. The zero-order valence-corrected chi connectivity index (χ0v) is 16.9. The van der Waals surface area contributed by atoms with Crippen LogP contribution >= 0.6 is 0 Å². The second kappa shape index (κ2) is 8.65. The van der Waals surface area contributed by atoms with Crippen LogP contribution in [0.5, 0.6) is 0 Å². The molecule has 4 aromatic rings. The Bertz CT molecular complexity index is 1150. The Labute approximate surface area is 174 Å². The zero-order valence-electron chi connectivity index (χ0n) is 16.9. The van der Waals surface area contributed by atoms with Crippen LogP contribution in [0.2, 0.25) is 0 Å². The number of carbonyl (C=O) groups is 1. The molecule has 0 saturated carbocycles. The van der Waals surface area contributed by atoms with Gasteiger partial charge in [-0.25, -0.2) is 14.5 Å². The maximum Gasteiger partial charge on any atom is 0.319 e. The van der Waals surface area contributed by atoms with Crippen LogP contribution in [0.25, 0.3) is 17.1 Å². The van der Waals surface area contributed by atoms with E-state index in [0.29, 0.717) is 24.5 Å². The molecule has 0 aliphatic rings. The minimum absolute atomic E-state index is 0.282. The van der Waals surface area contributed by atoms with Gasteiger partial charge < -0.3 is 15.1 Å². The molecular weight excluding hydrogens is 378 g/mol. The molecule has 0 bridgehead atoms. The van der Waals surface area contributed by atoms with E-state index in [-0.39, 0.29) is 6.03 Å². The number of aryl methyl sites for hydroxylation is 2. The third kappa shape index (κ3) is 4.41. The molecule has 7 heteroatoms. The number of carbonyl (C=O) groups excluding carboxylic acids is 1. The summed E-state index contributed by atoms with van der Waals surface area (Å²) in [5.41, 5.74) is 5.15. The third-order valence-corrected chi connectivity index (χ3v) is 4.63. The lowest BCUT2D eigenvalue weighted by atomic mass is 10.2. The second-order valence-electron chi connectivity index (χ2n) is 7.00. The van der Waals surface area contributed by atoms with Gasteiger partial charge in [-0.2, -0.15) is 5.10 Å². The van der Waals surface area contributed by atoms with Gasteiger partial charge in [-0.1, -0.05) is 30.3 Å². The van der Waals surface area contributed by atoms with Crippen LogP contribution in [0.15, 0.2) is 71.3 Å². The molecule has 0 fully saturated rings. The molecular formula is C23H23N5O2. The van der Waals surface area contributed by atoms with Crippen molar-refractivity contribution in [2.45, 2.75) is 20.3 Å². The number of urea groups is 1. The van der Waals surface area contributed by atoms with E-state index in [9.17, 15) is 4.79 Å². The van der Waals surface area contributed by atoms with E-state index in [0.717, 1.165) is 28.3 Å². The van der Waals surface area contributed by atoms with Crippen LogP contribution in [0.4, 0.5) is 10.5 Å². The fourth-order valence-corrected chi connectivity index (χ4v) is 3.24. The number of benzene rings is 2. The summed E-state index contributed by atoms with van der Waals surface area (Å²) in [6.07, 6.45) is 2.20. The molecule has 2 N–H and O–H groups in total. The van der Waals surface area contributed by atoms with Gasteiger partial charge in [0.2, 0.25) is 5.89 Å².